The van der Waals surface area contributed by atoms with Gasteiger partial charge in [-0.2, -0.15) is 5.26 Å². The van der Waals surface area contributed by atoms with Gasteiger partial charge in [-0.15, -0.1) is 0 Å². The zero-order valence-electron chi connectivity index (χ0n) is 10.6. The van der Waals surface area contributed by atoms with E-state index in [2.05, 4.69) is 27.0 Å². The third-order valence-electron chi connectivity index (χ3n) is 3.20. The van der Waals surface area contributed by atoms with Crippen LogP contribution in [0.25, 0.3) is 22.4 Å². The van der Waals surface area contributed by atoms with Crippen molar-refractivity contribution in [3.8, 4) is 17.5 Å². The highest BCUT2D eigenvalue weighted by molar-refractivity contribution is 9.10. The van der Waals surface area contributed by atoms with Gasteiger partial charge in [-0.1, -0.05) is 33.6 Å². The van der Waals surface area contributed by atoms with Crippen molar-refractivity contribution < 1.29 is 0 Å². The smallest absolute Gasteiger partial charge is 0.142 e. The minimum absolute atomic E-state index is 0.565. The summed E-state index contributed by atoms with van der Waals surface area (Å²) in [4.78, 5) is 4.59. The molecule has 0 aliphatic heterocycles. The molecular formula is C15H9BrClN3. The lowest BCUT2D eigenvalue weighted by Crippen LogP contribution is -1.93. The van der Waals surface area contributed by atoms with Crippen LogP contribution >= 0.6 is 27.5 Å². The Morgan fingerprint density at radius 2 is 2.10 bits per heavy atom. The molecule has 2 aromatic carbocycles. The highest BCUT2D eigenvalue weighted by atomic mass is 79.9. The number of nitrogens with zero attached hydrogens (tertiary/aromatic N) is 3. The molecule has 1 heterocycles. The number of hydrogen-bond donors (Lipinski definition) is 0. The summed E-state index contributed by atoms with van der Waals surface area (Å²) in [6, 6.07) is 13.4. The maximum absolute atomic E-state index is 9.17. The number of aromatic nitrogens is 2. The molecule has 0 unspecified atom stereocenters. The second-order valence-electron chi connectivity index (χ2n) is 4.40. The van der Waals surface area contributed by atoms with E-state index in [0.717, 1.165) is 21.4 Å². The quantitative estimate of drug-likeness (QED) is 0.649. The molecule has 0 N–H and O–H groups in total. The summed E-state index contributed by atoms with van der Waals surface area (Å²) in [5, 5.41) is 9.80. The van der Waals surface area contributed by atoms with E-state index in [1.807, 2.05) is 41.9 Å². The van der Waals surface area contributed by atoms with E-state index in [4.69, 9.17) is 11.6 Å². The summed E-state index contributed by atoms with van der Waals surface area (Å²) in [5.74, 6) is 0.744. The third kappa shape index (κ3) is 2.00. The van der Waals surface area contributed by atoms with E-state index in [1.165, 1.54) is 0 Å². The Morgan fingerprint density at radius 3 is 2.85 bits per heavy atom. The Hall–Kier alpha value is -1.83. The molecule has 0 saturated heterocycles. The van der Waals surface area contributed by atoms with Crippen LogP contribution in [0.1, 0.15) is 5.56 Å². The van der Waals surface area contributed by atoms with Crippen molar-refractivity contribution in [2.45, 2.75) is 0 Å². The summed E-state index contributed by atoms with van der Waals surface area (Å²) in [7, 11) is 1.92. The van der Waals surface area contributed by atoms with Gasteiger partial charge in [0.1, 0.15) is 17.4 Å². The molecule has 0 fully saturated rings. The van der Waals surface area contributed by atoms with Crippen LogP contribution in [0.5, 0.6) is 0 Å². The molecule has 1 aromatic heterocycles. The van der Waals surface area contributed by atoms with Crippen LogP contribution in [0.4, 0.5) is 0 Å². The van der Waals surface area contributed by atoms with Gasteiger partial charge in [0, 0.05) is 17.1 Å². The molecule has 0 atom stereocenters. The van der Waals surface area contributed by atoms with Crippen LogP contribution in [0.3, 0.4) is 0 Å². The fourth-order valence-electron chi connectivity index (χ4n) is 2.21. The van der Waals surface area contributed by atoms with E-state index in [-0.39, 0.29) is 0 Å². The fraction of sp³-hybridized carbons (Fsp3) is 0.0667. The van der Waals surface area contributed by atoms with Crippen LogP contribution in [0, 0.1) is 11.3 Å². The van der Waals surface area contributed by atoms with Crippen LogP contribution < -0.4 is 0 Å². The first-order chi connectivity index (χ1) is 9.61. The molecular weight excluding hydrogens is 338 g/mol. The van der Waals surface area contributed by atoms with Crippen LogP contribution in [-0.2, 0) is 7.05 Å². The summed E-state index contributed by atoms with van der Waals surface area (Å²) in [6.07, 6.45) is 0. The van der Waals surface area contributed by atoms with Crippen LogP contribution in [-0.4, -0.2) is 9.55 Å². The number of nitriles is 1. The van der Waals surface area contributed by atoms with Crippen molar-refractivity contribution in [2.24, 2.45) is 7.05 Å². The number of benzene rings is 2. The fourth-order valence-corrected chi connectivity index (χ4v) is 2.78. The number of rotatable bonds is 1. The normalized spacial score (nSPS) is 10.7. The second-order valence-corrected chi connectivity index (χ2v) is 5.73. The molecule has 98 valence electrons. The molecule has 0 radical (unpaired) electrons. The Labute approximate surface area is 129 Å². The van der Waals surface area contributed by atoms with Crippen molar-refractivity contribution >= 4 is 38.6 Å². The number of imidazole rings is 1. The molecule has 20 heavy (non-hydrogen) atoms. The summed E-state index contributed by atoms with van der Waals surface area (Å²) in [5.41, 5.74) is 3.01. The number of fused-ring (bicyclic) bond motifs is 1. The molecule has 0 aliphatic carbocycles. The van der Waals surface area contributed by atoms with Gasteiger partial charge >= 0.3 is 0 Å². The Morgan fingerprint density at radius 1 is 1.30 bits per heavy atom. The lowest BCUT2D eigenvalue weighted by atomic mass is 10.2. The number of aryl methyl sites for hydroxylation is 1. The summed E-state index contributed by atoms with van der Waals surface area (Å²) in [6.45, 7) is 0. The van der Waals surface area contributed by atoms with Crippen molar-refractivity contribution in [3.63, 3.8) is 0 Å². The van der Waals surface area contributed by atoms with E-state index in [1.54, 1.807) is 6.07 Å². The van der Waals surface area contributed by atoms with Gasteiger partial charge in [0.05, 0.1) is 16.1 Å². The molecule has 0 bridgehead atoms. The van der Waals surface area contributed by atoms with Crippen molar-refractivity contribution in [1.82, 2.24) is 9.55 Å². The van der Waals surface area contributed by atoms with Crippen LogP contribution in [0.15, 0.2) is 40.9 Å². The van der Waals surface area contributed by atoms with Gasteiger partial charge < -0.3 is 4.57 Å². The first-order valence-corrected chi connectivity index (χ1v) is 7.10. The third-order valence-corrected chi connectivity index (χ3v) is 4.02. The zero-order valence-corrected chi connectivity index (χ0v) is 12.9. The Kier molecular flexibility index (Phi) is 3.25. The van der Waals surface area contributed by atoms with E-state index in [9.17, 15) is 5.26 Å². The molecule has 5 heteroatoms. The van der Waals surface area contributed by atoms with Gasteiger partial charge in [0.2, 0.25) is 0 Å². The van der Waals surface area contributed by atoms with Crippen molar-refractivity contribution in [2.75, 3.05) is 0 Å². The minimum Gasteiger partial charge on any atom is -0.327 e. The lowest BCUT2D eigenvalue weighted by Gasteiger charge is -2.05. The second kappa shape index (κ2) is 4.93. The Balaban J connectivity index is 2.36. The molecule has 0 aliphatic rings. The first-order valence-electron chi connectivity index (χ1n) is 5.93. The van der Waals surface area contributed by atoms with Gasteiger partial charge in [-0.3, -0.25) is 0 Å². The average molecular weight is 347 g/mol. The molecule has 3 nitrogen and oxygen atoms in total. The zero-order chi connectivity index (χ0) is 14.3. The summed E-state index contributed by atoms with van der Waals surface area (Å²) >= 11 is 9.71. The number of hydrogen-bond acceptors (Lipinski definition) is 2. The molecule has 0 amide bonds. The first kappa shape index (κ1) is 13.2. The van der Waals surface area contributed by atoms with Gasteiger partial charge in [-0.05, 0) is 30.3 Å². The maximum atomic E-state index is 9.17. The topological polar surface area (TPSA) is 41.6 Å². The monoisotopic (exact) mass is 345 g/mol. The van der Waals surface area contributed by atoms with Gasteiger partial charge in [0.25, 0.3) is 0 Å². The highest BCUT2D eigenvalue weighted by Gasteiger charge is 2.15. The summed E-state index contributed by atoms with van der Waals surface area (Å²) < 4.78 is 2.88. The average Bonchev–Trinajstić information content (AvgIpc) is 2.79. The highest BCUT2D eigenvalue weighted by Crippen LogP contribution is 2.32. The predicted octanol–water partition coefficient (Wildman–Crippen LogP) is 4.53. The van der Waals surface area contributed by atoms with E-state index in [0.29, 0.717) is 16.1 Å². The maximum Gasteiger partial charge on any atom is 0.142 e. The van der Waals surface area contributed by atoms with E-state index < -0.39 is 0 Å². The van der Waals surface area contributed by atoms with Gasteiger partial charge in [-0.25, -0.2) is 4.98 Å². The molecule has 0 saturated carbocycles. The largest absolute Gasteiger partial charge is 0.327 e. The molecule has 3 aromatic rings. The Bertz CT molecular complexity index is 861. The number of para-hydroxylation sites is 1. The van der Waals surface area contributed by atoms with Gasteiger partial charge in [0.15, 0.2) is 0 Å². The minimum atomic E-state index is 0.565. The predicted molar refractivity (Wildman–Crippen MR) is 83.6 cm³/mol. The standard InChI is InChI=1S/C15H9BrClN3/c1-20-13-4-2-3-9(8-18)14(13)19-15(20)11-7-10(16)5-6-12(11)17/h2-7H,1H3. The molecule has 3 rings (SSSR count). The lowest BCUT2D eigenvalue weighted by molar-refractivity contribution is 0.959. The van der Waals surface area contributed by atoms with Crippen LogP contribution in [0.2, 0.25) is 5.02 Å². The molecule has 0 spiro atoms. The van der Waals surface area contributed by atoms with Crippen molar-refractivity contribution in [3.05, 3.63) is 51.5 Å². The SMILES string of the molecule is Cn1c(-c2cc(Br)ccc2Cl)nc2c(C#N)cccc21. The van der Waals surface area contributed by atoms with Crippen molar-refractivity contribution in [1.29, 1.82) is 5.26 Å². The van der Waals surface area contributed by atoms with E-state index >= 15 is 0 Å². The number of halogens is 2.